The highest BCUT2D eigenvalue weighted by atomic mass is 35.5. The summed E-state index contributed by atoms with van der Waals surface area (Å²) in [6.07, 6.45) is 5.63. The van der Waals surface area contributed by atoms with Gasteiger partial charge in [0.1, 0.15) is 0 Å². The zero-order valence-corrected chi connectivity index (χ0v) is 19.0. The van der Waals surface area contributed by atoms with Crippen molar-refractivity contribution in [1.82, 2.24) is 4.98 Å². The summed E-state index contributed by atoms with van der Waals surface area (Å²) < 4.78 is 0.800. The van der Waals surface area contributed by atoms with Crippen molar-refractivity contribution in [2.24, 2.45) is 5.92 Å². The van der Waals surface area contributed by atoms with Gasteiger partial charge in [0.05, 0.1) is 6.10 Å². The summed E-state index contributed by atoms with van der Waals surface area (Å²) in [6, 6.07) is 8.44. The highest BCUT2D eigenvalue weighted by Crippen LogP contribution is 2.45. The Kier molecular flexibility index (Phi) is 8.42. The number of nitrogens with zero attached hydrogens (tertiary/aromatic N) is 1. The monoisotopic (exact) mass is 453 g/mol. The maximum atomic E-state index is 11.0. The number of carbonyl (C=O) groups is 1. The Morgan fingerprint density at radius 2 is 2.10 bits per heavy atom. The van der Waals surface area contributed by atoms with Gasteiger partial charge >= 0.3 is 5.97 Å². The van der Waals surface area contributed by atoms with Crippen molar-refractivity contribution in [3.05, 3.63) is 46.5 Å². The van der Waals surface area contributed by atoms with Gasteiger partial charge in [-0.3, -0.25) is 0 Å². The molecule has 4 unspecified atom stereocenters. The van der Waals surface area contributed by atoms with Crippen LogP contribution in [0.1, 0.15) is 79.1 Å². The molecule has 7 heteroatoms. The van der Waals surface area contributed by atoms with Crippen LogP contribution in [-0.4, -0.2) is 32.3 Å². The zero-order valence-electron chi connectivity index (χ0n) is 16.6. The molecule has 0 bridgehead atoms. The van der Waals surface area contributed by atoms with Crippen molar-refractivity contribution in [1.29, 1.82) is 0 Å². The Morgan fingerprint density at radius 1 is 1.34 bits per heavy atom. The number of hydrogen-bond acceptors (Lipinski definition) is 5. The molecule has 4 nitrogen and oxygen atoms in total. The molecule has 0 saturated heterocycles. The van der Waals surface area contributed by atoms with Gasteiger partial charge in [-0.1, -0.05) is 55.8 Å². The maximum Gasteiger partial charge on any atom is 0.355 e. The van der Waals surface area contributed by atoms with Crippen molar-refractivity contribution >= 4 is 40.7 Å². The highest BCUT2D eigenvalue weighted by molar-refractivity contribution is 8.01. The number of alkyl halides is 1. The van der Waals surface area contributed by atoms with Crippen LogP contribution in [-0.2, 0) is 0 Å². The fourth-order valence-electron chi connectivity index (χ4n) is 4.05. The number of rotatable bonds is 10. The van der Waals surface area contributed by atoms with Gasteiger partial charge in [-0.05, 0) is 48.6 Å². The predicted octanol–water partition coefficient (Wildman–Crippen LogP) is 6.35. The van der Waals surface area contributed by atoms with Gasteiger partial charge in [-0.15, -0.1) is 22.9 Å². The molecule has 3 rings (SSSR count). The second kappa shape index (κ2) is 10.8. The third-order valence-electron chi connectivity index (χ3n) is 5.69. The zero-order chi connectivity index (χ0) is 20.8. The average molecular weight is 454 g/mol. The number of hydrogen-bond donors (Lipinski definition) is 2. The van der Waals surface area contributed by atoms with Crippen LogP contribution in [0.4, 0.5) is 0 Å². The predicted molar refractivity (Wildman–Crippen MR) is 120 cm³/mol. The lowest BCUT2D eigenvalue weighted by molar-refractivity contribution is 0.0691. The van der Waals surface area contributed by atoms with Gasteiger partial charge < -0.3 is 10.2 Å². The molecule has 1 aromatic heterocycles. The van der Waals surface area contributed by atoms with Gasteiger partial charge in [0.2, 0.25) is 0 Å². The third kappa shape index (κ3) is 5.97. The first kappa shape index (κ1) is 22.6. The molecule has 4 atom stereocenters. The number of carboxylic acid groups (broad SMARTS) is 1. The number of halogens is 1. The molecule has 158 valence electrons. The second-order valence-corrected chi connectivity index (χ2v) is 10.4. The van der Waals surface area contributed by atoms with Crippen molar-refractivity contribution in [3.8, 4) is 0 Å². The molecule has 1 aliphatic rings. The largest absolute Gasteiger partial charge is 0.476 e. The minimum Gasteiger partial charge on any atom is -0.476 e. The summed E-state index contributed by atoms with van der Waals surface area (Å²) in [5, 5.41) is 21.0. The number of unbranched alkanes of at least 4 members (excludes halogenated alkanes) is 1. The number of thioether (sulfide) groups is 1. The van der Waals surface area contributed by atoms with Crippen LogP contribution < -0.4 is 0 Å². The number of benzene rings is 1. The Bertz CT molecular complexity index is 796. The van der Waals surface area contributed by atoms with E-state index in [-0.39, 0.29) is 17.2 Å². The summed E-state index contributed by atoms with van der Waals surface area (Å²) in [5.41, 5.74) is 2.41. The molecule has 0 aliphatic heterocycles. The van der Waals surface area contributed by atoms with E-state index >= 15 is 0 Å². The molecular formula is C22H28ClNO3S2. The van der Waals surface area contributed by atoms with E-state index < -0.39 is 5.97 Å². The number of aliphatic hydroxyl groups is 1. The molecule has 2 N–H and O–H groups in total. The Balaban J connectivity index is 1.57. The van der Waals surface area contributed by atoms with E-state index in [1.54, 1.807) is 17.1 Å². The second-order valence-electron chi connectivity index (χ2n) is 7.63. The Hall–Kier alpha value is -1.08. The van der Waals surface area contributed by atoms with Crippen molar-refractivity contribution in [2.75, 3.05) is 5.75 Å². The highest BCUT2D eigenvalue weighted by Gasteiger charge is 2.35. The first-order chi connectivity index (χ1) is 14.0. The van der Waals surface area contributed by atoms with E-state index in [4.69, 9.17) is 16.7 Å². The lowest BCUT2D eigenvalue weighted by Gasteiger charge is -2.22. The average Bonchev–Trinajstić information content (AvgIpc) is 3.34. The minimum absolute atomic E-state index is 0.118. The Labute approximate surface area is 185 Å². The van der Waals surface area contributed by atoms with Gasteiger partial charge in [0.15, 0.2) is 10.0 Å². The molecule has 1 fully saturated rings. The summed E-state index contributed by atoms with van der Waals surface area (Å²) >= 11 is 9.64. The number of carboxylic acids is 1. The van der Waals surface area contributed by atoms with Crippen LogP contribution >= 0.6 is 34.7 Å². The lowest BCUT2D eigenvalue weighted by Crippen LogP contribution is -2.15. The molecule has 2 aromatic rings. The Morgan fingerprint density at radius 3 is 2.76 bits per heavy atom. The van der Waals surface area contributed by atoms with E-state index in [1.807, 2.05) is 0 Å². The standard InChI is InChI=1S/C22H28ClNO3S2/c1-2-3-4-20(25)15-7-5-14(6-8-15)16-9-10-18(23)17(16)11-12-28-22-24-19(13-29-22)21(26)27/h5-8,13,16-18,20,25H,2-4,9-12H2,1H3,(H,26,27). The molecular weight excluding hydrogens is 426 g/mol. The molecule has 1 aromatic carbocycles. The number of aromatic nitrogens is 1. The maximum absolute atomic E-state index is 11.0. The molecule has 0 amide bonds. The minimum atomic E-state index is -0.979. The van der Waals surface area contributed by atoms with Crippen LogP contribution in [0, 0.1) is 5.92 Å². The van der Waals surface area contributed by atoms with Crippen molar-refractivity contribution in [2.45, 2.75) is 67.2 Å². The summed E-state index contributed by atoms with van der Waals surface area (Å²) in [6.45, 7) is 2.14. The van der Waals surface area contributed by atoms with E-state index in [0.717, 1.165) is 54.2 Å². The van der Waals surface area contributed by atoms with Crippen molar-refractivity contribution in [3.63, 3.8) is 0 Å². The first-order valence-electron chi connectivity index (χ1n) is 10.2. The van der Waals surface area contributed by atoms with E-state index in [1.165, 1.54) is 16.9 Å². The number of aromatic carboxylic acids is 1. The topological polar surface area (TPSA) is 70.4 Å². The smallest absolute Gasteiger partial charge is 0.355 e. The van der Waals surface area contributed by atoms with E-state index in [2.05, 4.69) is 36.2 Å². The molecule has 1 saturated carbocycles. The lowest BCUT2D eigenvalue weighted by atomic mass is 9.86. The van der Waals surface area contributed by atoms with E-state index in [0.29, 0.717) is 11.8 Å². The molecule has 0 spiro atoms. The molecule has 1 heterocycles. The fourth-order valence-corrected chi connectivity index (χ4v) is 6.39. The molecule has 1 aliphatic carbocycles. The van der Waals surface area contributed by atoms with Crippen LogP contribution in [0.5, 0.6) is 0 Å². The van der Waals surface area contributed by atoms with Crippen LogP contribution in [0.25, 0.3) is 0 Å². The van der Waals surface area contributed by atoms with E-state index in [9.17, 15) is 9.90 Å². The van der Waals surface area contributed by atoms with Gasteiger partial charge in [0, 0.05) is 16.5 Å². The van der Waals surface area contributed by atoms with Crippen LogP contribution in [0.15, 0.2) is 34.0 Å². The quantitative estimate of drug-likeness (QED) is 0.324. The summed E-state index contributed by atoms with van der Waals surface area (Å²) in [5.74, 6) is 0.739. The summed E-state index contributed by atoms with van der Waals surface area (Å²) in [4.78, 5) is 15.1. The number of thiazole rings is 1. The molecule has 29 heavy (non-hydrogen) atoms. The third-order valence-corrected chi connectivity index (χ3v) is 8.29. The van der Waals surface area contributed by atoms with Crippen molar-refractivity contribution < 1.29 is 15.0 Å². The van der Waals surface area contributed by atoms with Gasteiger partial charge in [-0.25, -0.2) is 9.78 Å². The van der Waals surface area contributed by atoms with Crippen LogP contribution in [0.2, 0.25) is 0 Å². The summed E-state index contributed by atoms with van der Waals surface area (Å²) in [7, 11) is 0. The SMILES string of the molecule is CCCCC(O)c1ccc(C2CCC(Cl)C2CCSc2nc(C(=O)O)cs2)cc1. The molecule has 0 radical (unpaired) electrons. The normalized spacial score (nSPS) is 22.7. The fraction of sp³-hybridized carbons (Fsp3) is 0.545. The van der Waals surface area contributed by atoms with Gasteiger partial charge in [0.25, 0.3) is 0 Å². The van der Waals surface area contributed by atoms with Gasteiger partial charge in [-0.2, -0.15) is 0 Å². The first-order valence-corrected chi connectivity index (χ1v) is 12.5. The number of aliphatic hydroxyl groups excluding tert-OH is 1. The van der Waals surface area contributed by atoms with Crippen LogP contribution in [0.3, 0.4) is 0 Å².